The van der Waals surface area contributed by atoms with E-state index < -0.39 is 0 Å². The lowest BCUT2D eigenvalue weighted by Gasteiger charge is -2.22. The third-order valence-electron chi connectivity index (χ3n) is 2.96. The summed E-state index contributed by atoms with van der Waals surface area (Å²) >= 11 is 1.80. The Morgan fingerprint density at radius 3 is 3.20 bits per heavy atom. The lowest BCUT2D eigenvalue weighted by molar-refractivity contribution is -0.118. The molecule has 15 heavy (non-hydrogen) atoms. The van der Waals surface area contributed by atoms with Gasteiger partial charge in [-0.05, 0) is 37.8 Å². The van der Waals surface area contributed by atoms with Gasteiger partial charge in [0.25, 0.3) is 0 Å². The van der Waals surface area contributed by atoms with Gasteiger partial charge in [0, 0.05) is 23.9 Å². The van der Waals surface area contributed by atoms with Crippen LogP contribution in [0, 0.1) is 0 Å². The quantitative estimate of drug-likeness (QED) is 0.782. The highest BCUT2D eigenvalue weighted by Crippen LogP contribution is 2.24. The Morgan fingerprint density at radius 1 is 1.67 bits per heavy atom. The van der Waals surface area contributed by atoms with Gasteiger partial charge >= 0.3 is 0 Å². The zero-order chi connectivity index (χ0) is 10.7. The molecular formula is C12H17NOS. The second-order valence-corrected chi connectivity index (χ2v) is 5.28. The number of ketones is 1. The molecule has 2 rings (SSSR count). The van der Waals surface area contributed by atoms with E-state index in [1.165, 1.54) is 17.7 Å². The first-order valence-electron chi connectivity index (χ1n) is 5.51. The Labute approximate surface area is 94.9 Å². The fourth-order valence-electron chi connectivity index (χ4n) is 2.27. The second kappa shape index (κ2) is 4.90. The topological polar surface area (TPSA) is 20.3 Å². The molecule has 82 valence electrons. The van der Waals surface area contributed by atoms with Crippen LogP contribution in [0.1, 0.15) is 31.1 Å². The second-order valence-electron chi connectivity index (χ2n) is 4.25. The number of carbonyl (C=O) groups excluding carboxylic acids is 1. The van der Waals surface area contributed by atoms with Gasteiger partial charge in [-0.3, -0.25) is 9.69 Å². The number of hydrogen-bond acceptors (Lipinski definition) is 3. The highest BCUT2D eigenvalue weighted by atomic mass is 32.1. The highest BCUT2D eigenvalue weighted by molar-refractivity contribution is 7.09. The van der Waals surface area contributed by atoms with Crippen LogP contribution in [-0.4, -0.2) is 23.3 Å². The molecule has 0 aliphatic carbocycles. The average Bonchev–Trinajstić information content (AvgIpc) is 2.78. The molecule has 1 aromatic heterocycles. The van der Waals surface area contributed by atoms with E-state index in [4.69, 9.17) is 0 Å². The number of nitrogens with zero attached hydrogens (tertiary/aromatic N) is 1. The van der Waals surface area contributed by atoms with Crippen LogP contribution in [-0.2, 0) is 11.3 Å². The van der Waals surface area contributed by atoms with Gasteiger partial charge in [0.1, 0.15) is 5.78 Å². The maximum atomic E-state index is 11.1. The zero-order valence-electron chi connectivity index (χ0n) is 9.11. The smallest absolute Gasteiger partial charge is 0.131 e. The van der Waals surface area contributed by atoms with E-state index in [1.807, 2.05) is 0 Å². The van der Waals surface area contributed by atoms with Crippen LogP contribution < -0.4 is 0 Å². The van der Waals surface area contributed by atoms with Crippen molar-refractivity contribution in [3.05, 3.63) is 22.4 Å². The molecule has 1 aliphatic rings. The Morgan fingerprint density at radius 2 is 2.53 bits per heavy atom. The molecule has 1 unspecified atom stereocenters. The maximum Gasteiger partial charge on any atom is 0.131 e. The molecule has 0 amide bonds. The molecule has 0 radical (unpaired) electrons. The van der Waals surface area contributed by atoms with Crippen molar-refractivity contribution >= 4 is 17.1 Å². The number of Topliss-reactive ketones (excluding diaryl/α,β-unsaturated/α-hetero) is 1. The predicted molar refractivity (Wildman–Crippen MR) is 63.0 cm³/mol. The number of likely N-dealkylation sites (tertiary alicyclic amines) is 1. The van der Waals surface area contributed by atoms with Crippen molar-refractivity contribution in [2.24, 2.45) is 0 Å². The molecule has 0 aromatic carbocycles. The van der Waals surface area contributed by atoms with E-state index in [2.05, 4.69) is 22.4 Å². The van der Waals surface area contributed by atoms with Crippen LogP contribution in [0.5, 0.6) is 0 Å². The Kier molecular flexibility index (Phi) is 3.54. The van der Waals surface area contributed by atoms with Crippen molar-refractivity contribution in [1.29, 1.82) is 0 Å². The first-order chi connectivity index (χ1) is 7.25. The summed E-state index contributed by atoms with van der Waals surface area (Å²) in [6, 6.07) is 4.76. The van der Waals surface area contributed by atoms with Crippen LogP contribution in [0.3, 0.4) is 0 Å². The summed E-state index contributed by atoms with van der Waals surface area (Å²) in [6.07, 6.45) is 3.15. The summed E-state index contributed by atoms with van der Waals surface area (Å²) in [6.45, 7) is 3.87. The fourth-order valence-corrected chi connectivity index (χ4v) is 3.00. The van der Waals surface area contributed by atoms with Crippen LogP contribution >= 0.6 is 11.3 Å². The Hall–Kier alpha value is -0.670. The van der Waals surface area contributed by atoms with Gasteiger partial charge in [-0.2, -0.15) is 0 Å². The minimum atomic E-state index is 0.318. The summed E-state index contributed by atoms with van der Waals surface area (Å²) < 4.78 is 0. The van der Waals surface area contributed by atoms with Gasteiger partial charge in [-0.1, -0.05) is 6.07 Å². The normalized spacial score (nSPS) is 22.1. The number of hydrogen-bond donors (Lipinski definition) is 0. The van der Waals surface area contributed by atoms with E-state index >= 15 is 0 Å². The van der Waals surface area contributed by atoms with Crippen LogP contribution in [0.2, 0.25) is 0 Å². The van der Waals surface area contributed by atoms with Gasteiger partial charge in [0.2, 0.25) is 0 Å². The lowest BCUT2D eigenvalue weighted by atomic mass is 10.1. The Balaban J connectivity index is 1.93. The molecule has 1 atom stereocenters. The molecule has 2 nitrogen and oxygen atoms in total. The monoisotopic (exact) mass is 223 g/mol. The standard InChI is InChI=1S/C12H17NOS/c1-10(14)8-11-4-2-6-13(11)9-12-5-3-7-15-12/h3,5,7,11H,2,4,6,8-9H2,1H3. The number of thiophene rings is 1. The maximum absolute atomic E-state index is 11.1. The Bertz CT molecular complexity index is 320. The summed E-state index contributed by atoms with van der Waals surface area (Å²) in [5.41, 5.74) is 0. The van der Waals surface area contributed by atoms with Crippen molar-refractivity contribution < 1.29 is 4.79 Å². The predicted octanol–water partition coefficient (Wildman–Crippen LogP) is 2.69. The fraction of sp³-hybridized carbons (Fsp3) is 0.583. The van der Waals surface area contributed by atoms with E-state index in [0.717, 1.165) is 19.5 Å². The van der Waals surface area contributed by atoms with E-state index in [9.17, 15) is 4.79 Å². The molecule has 2 heterocycles. The van der Waals surface area contributed by atoms with Crippen LogP contribution in [0.25, 0.3) is 0 Å². The van der Waals surface area contributed by atoms with Gasteiger partial charge in [-0.25, -0.2) is 0 Å². The van der Waals surface area contributed by atoms with Crippen molar-refractivity contribution in [1.82, 2.24) is 4.90 Å². The van der Waals surface area contributed by atoms with Crippen molar-refractivity contribution in [3.63, 3.8) is 0 Å². The summed E-state index contributed by atoms with van der Waals surface area (Å²) in [7, 11) is 0. The first kappa shape index (κ1) is 10.8. The third kappa shape index (κ3) is 2.89. The minimum Gasteiger partial charge on any atom is -0.300 e. The zero-order valence-corrected chi connectivity index (χ0v) is 9.93. The van der Waals surface area contributed by atoms with E-state index in [1.54, 1.807) is 18.3 Å². The molecule has 0 saturated carbocycles. The van der Waals surface area contributed by atoms with Crippen molar-refractivity contribution in [2.75, 3.05) is 6.54 Å². The van der Waals surface area contributed by atoms with Gasteiger partial charge in [-0.15, -0.1) is 11.3 Å². The molecule has 0 N–H and O–H groups in total. The molecule has 1 aromatic rings. The molecule has 0 spiro atoms. The van der Waals surface area contributed by atoms with E-state index in [0.29, 0.717) is 11.8 Å². The molecule has 1 aliphatic heterocycles. The highest BCUT2D eigenvalue weighted by Gasteiger charge is 2.25. The van der Waals surface area contributed by atoms with Gasteiger partial charge in [0.05, 0.1) is 0 Å². The lowest BCUT2D eigenvalue weighted by Crippen LogP contribution is -2.30. The SMILES string of the molecule is CC(=O)CC1CCCN1Cc1cccs1. The van der Waals surface area contributed by atoms with Gasteiger partial charge in [0.15, 0.2) is 0 Å². The van der Waals surface area contributed by atoms with Gasteiger partial charge < -0.3 is 0 Å². The first-order valence-corrected chi connectivity index (χ1v) is 6.39. The number of carbonyl (C=O) groups is 1. The van der Waals surface area contributed by atoms with Crippen LogP contribution in [0.4, 0.5) is 0 Å². The summed E-state index contributed by atoms with van der Waals surface area (Å²) in [4.78, 5) is 15.0. The molecule has 0 bridgehead atoms. The number of rotatable bonds is 4. The molecule has 3 heteroatoms. The van der Waals surface area contributed by atoms with E-state index in [-0.39, 0.29) is 0 Å². The largest absolute Gasteiger partial charge is 0.300 e. The molecular weight excluding hydrogens is 206 g/mol. The molecule has 1 fully saturated rings. The van der Waals surface area contributed by atoms with Crippen molar-refractivity contribution in [2.45, 2.75) is 38.8 Å². The average molecular weight is 223 g/mol. The van der Waals surface area contributed by atoms with Crippen LogP contribution in [0.15, 0.2) is 17.5 Å². The molecule has 1 saturated heterocycles. The third-order valence-corrected chi connectivity index (χ3v) is 3.82. The summed E-state index contributed by atoms with van der Waals surface area (Å²) in [5, 5.41) is 2.12. The minimum absolute atomic E-state index is 0.318. The van der Waals surface area contributed by atoms with Crippen molar-refractivity contribution in [3.8, 4) is 0 Å². The summed E-state index contributed by atoms with van der Waals surface area (Å²) in [5.74, 6) is 0.318.